The van der Waals surface area contributed by atoms with Crippen molar-refractivity contribution in [3.63, 3.8) is 0 Å². The molecule has 0 spiro atoms. The molecule has 2 N–H and O–H groups in total. The van der Waals surface area contributed by atoms with E-state index >= 15 is 0 Å². The van der Waals surface area contributed by atoms with Crippen LogP contribution in [-0.4, -0.2) is 23.5 Å². The Hall–Kier alpha value is -2.66. The van der Waals surface area contributed by atoms with Crippen LogP contribution in [0.15, 0.2) is 48.5 Å². The van der Waals surface area contributed by atoms with Gasteiger partial charge in [0.05, 0.1) is 5.56 Å². The number of nitrogens with one attached hydrogen (secondary N) is 1. The Bertz CT molecular complexity index is 754. The highest BCUT2D eigenvalue weighted by molar-refractivity contribution is 5.95. The van der Waals surface area contributed by atoms with E-state index in [1.54, 1.807) is 12.1 Å². The van der Waals surface area contributed by atoms with E-state index in [1.807, 2.05) is 41.3 Å². The van der Waals surface area contributed by atoms with Crippen LogP contribution in [0, 0.1) is 0 Å². The predicted molar refractivity (Wildman–Crippen MR) is 96.7 cm³/mol. The Balaban J connectivity index is 1.58. The number of nitrogens with zero attached hydrogens (tertiary/aromatic N) is 1. The van der Waals surface area contributed by atoms with Crippen molar-refractivity contribution in [1.82, 2.24) is 5.32 Å². The largest absolute Gasteiger partial charge is 0.478 e. The number of amides is 1. The lowest BCUT2D eigenvalue weighted by Gasteiger charge is -2.18. The number of rotatable bonds is 6. The van der Waals surface area contributed by atoms with Crippen molar-refractivity contribution in [3.8, 4) is 0 Å². The Labute approximate surface area is 147 Å². The standard InChI is InChI=1S/C20H22N2O3/c1-14(21-13-15-4-6-17(7-5-15)20(24)25)16-8-10-18(11-9-16)22-12-2-3-19(22)23/h4-11,14,21H,2-3,12-13H2,1H3,(H,24,25). The lowest BCUT2D eigenvalue weighted by molar-refractivity contribution is -0.117. The molecule has 1 aliphatic heterocycles. The van der Waals surface area contributed by atoms with Gasteiger partial charge in [-0.05, 0) is 48.7 Å². The summed E-state index contributed by atoms with van der Waals surface area (Å²) in [5.41, 5.74) is 3.44. The maximum absolute atomic E-state index is 11.8. The molecule has 5 heteroatoms. The summed E-state index contributed by atoms with van der Waals surface area (Å²) >= 11 is 0. The van der Waals surface area contributed by atoms with Crippen molar-refractivity contribution < 1.29 is 14.7 Å². The highest BCUT2D eigenvalue weighted by Crippen LogP contribution is 2.23. The van der Waals surface area contributed by atoms with E-state index in [0.717, 1.165) is 29.8 Å². The number of carbonyl (C=O) groups excluding carboxylic acids is 1. The first-order valence-corrected chi connectivity index (χ1v) is 8.50. The molecule has 3 rings (SSSR count). The molecule has 5 nitrogen and oxygen atoms in total. The van der Waals surface area contributed by atoms with Gasteiger partial charge >= 0.3 is 5.97 Å². The number of benzene rings is 2. The third kappa shape index (κ3) is 4.06. The Morgan fingerprint density at radius 1 is 1.16 bits per heavy atom. The monoisotopic (exact) mass is 338 g/mol. The molecule has 2 aromatic carbocycles. The second-order valence-corrected chi connectivity index (χ2v) is 6.35. The summed E-state index contributed by atoms with van der Waals surface area (Å²) in [5.74, 6) is -0.715. The van der Waals surface area contributed by atoms with E-state index in [9.17, 15) is 9.59 Å². The molecule has 1 unspecified atom stereocenters. The third-order valence-electron chi connectivity index (χ3n) is 4.59. The number of aromatic carboxylic acids is 1. The highest BCUT2D eigenvalue weighted by Gasteiger charge is 2.21. The molecule has 0 bridgehead atoms. The fraction of sp³-hybridized carbons (Fsp3) is 0.300. The Morgan fingerprint density at radius 2 is 1.84 bits per heavy atom. The fourth-order valence-electron chi connectivity index (χ4n) is 3.02. The SMILES string of the molecule is CC(NCc1ccc(C(=O)O)cc1)c1ccc(N2CCCC2=O)cc1. The van der Waals surface area contributed by atoms with Crippen LogP contribution in [0.25, 0.3) is 0 Å². The summed E-state index contributed by atoms with van der Waals surface area (Å²) < 4.78 is 0. The quantitative estimate of drug-likeness (QED) is 0.847. The zero-order valence-electron chi connectivity index (χ0n) is 14.2. The van der Waals surface area contributed by atoms with E-state index in [4.69, 9.17) is 5.11 Å². The Kier molecular flexibility index (Phi) is 5.14. The van der Waals surface area contributed by atoms with Crippen LogP contribution < -0.4 is 10.2 Å². The summed E-state index contributed by atoms with van der Waals surface area (Å²) in [5, 5.41) is 12.4. The summed E-state index contributed by atoms with van der Waals surface area (Å²) in [6.45, 7) is 3.55. The number of hydrogen-bond donors (Lipinski definition) is 2. The zero-order chi connectivity index (χ0) is 17.8. The molecule has 130 valence electrons. The van der Waals surface area contributed by atoms with Crippen molar-refractivity contribution in [2.45, 2.75) is 32.4 Å². The minimum absolute atomic E-state index is 0.155. The van der Waals surface area contributed by atoms with Gasteiger partial charge in [-0.25, -0.2) is 4.79 Å². The molecule has 2 aromatic rings. The maximum Gasteiger partial charge on any atom is 0.335 e. The van der Waals surface area contributed by atoms with Gasteiger partial charge in [-0.15, -0.1) is 0 Å². The van der Waals surface area contributed by atoms with Gasteiger partial charge in [0.2, 0.25) is 5.91 Å². The molecule has 1 aliphatic rings. The Morgan fingerprint density at radius 3 is 2.40 bits per heavy atom. The van der Waals surface area contributed by atoms with Crippen LogP contribution in [0.3, 0.4) is 0 Å². The van der Waals surface area contributed by atoms with Crippen molar-refractivity contribution >= 4 is 17.6 Å². The van der Waals surface area contributed by atoms with Crippen LogP contribution in [0.5, 0.6) is 0 Å². The minimum Gasteiger partial charge on any atom is -0.478 e. The maximum atomic E-state index is 11.8. The summed E-state index contributed by atoms with van der Waals surface area (Å²) in [4.78, 5) is 24.5. The second kappa shape index (κ2) is 7.49. The molecule has 1 fully saturated rings. The average Bonchev–Trinajstić information content (AvgIpc) is 3.06. The normalized spacial score (nSPS) is 15.4. The van der Waals surface area contributed by atoms with Crippen LogP contribution in [0.4, 0.5) is 5.69 Å². The summed E-state index contributed by atoms with van der Waals surface area (Å²) in [6, 6.07) is 15.1. The molecule has 0 saturated carbocycles. The number of carboxylic acid groups (broad SMARTS) is 1. The average molecular weight is 338 g/mol. The minimum atomic E-state index is -0.913. The van der Waals surface area contributed by atoms with Crippen LogP contribution in [0.1, 0.15) is 47.3 Å². The molecule has 0 aromatic heterocycles. The van der Waals surface area contributed by atoms with Crippen molar-refractivity contribution in [1.29, 1.82) is 0 Å². The molecule has 1 amide bonds. The van der Waals surface area contributed by atoms with Gasteiger partial charge in [-0.1, -0.05) is 24.3 Å². The van der Waals surface area contributed by atoms with E-state index in [2.05, 4.69) is 12.2 Å². The topological polar surface area (TPSA) is 69.6 Å². The van der Waals surface area contributed by atoms with E-state index in [1.165, 1.54) is 0 Å². The van der Waals surface area contributed by atoms with Gasteiger partial charge in [0.25, 0.3) is 0 Å². The third-order valence-corrected chi connectivity index (χ3v) is 4.59. The van der Waals surface area contributed by atoms with Gasteiger partial charge in [-0.2, -0.15) is 0 Å². The van der Waals surface area contributed by atoms with Gasteiger partial charge in [-0.3, -0.25) is 4.79 Å². The highest BCUT2D eigenvalue weighted by atomic mass is 16.4. The molecular weight excluding hydrogens is 316 g/mol. The number of carbonyl (C=O) groups is 2. The molecular formula is C20H22N2O3. The first-order valence-electron chi connectivity index (χ1n) is 8.50. The number of carboxylic acids is 1. The van der Waals surface area contributed by atoms with E-state index < -0.39 is 5.97 Å². The molecule has 0 radical (unpaired) electrons. The fourth-order valence-corrected chi connectivity index (χ4v) is 3.02. The van der Waals surface area contributed by atoms with Crippen molar-refractivity contribution in [2.75, 3.05) is 11.4 Å². The molecule has 1 heterocycles. The van der Waals surface area contributed by atoms with E-state index in [0.29, 0.717) is 18.5 Å². The number of hydrogen-bond acceptors (Lipinski definition) is 3. The smallest absolute Gasteiger partial charge is 0.335 e. The lowest BCUT2D eigenvalue weighted by Crippen LogP contribution is -2.23. The molecule has 1 saturated heterocycles. The first-order chi connectivity index (χ1) is 12.0. The van der Waals surface area contributed by atoms with Gasteiger partial charge in [0, 0.05) is 31.2 Å². The van der Waals surface area contributed by atoms with Crippen LogP contribution >= 0.6 is 0 Å². The lowest BCUT2D eigenvalue weighted by atomic mass is 10.1. The predicted octanol–water partition coefficient (Wildman–Crippen LogP) is 3.36. The van der Waals surface area contributed by atoms with Gasteiger partial charge < -0.3 is 15.3 Å². The van der Waals surface area contributed by atoms with Crippen molar-refractivity contribution in [2.24, 2.45) is 0 Å². The van der Waals surface area contributed by atoms with Gasteiger partial charge in [0.15, 0.2) is 0 Å². The van der Waals surface area contributed by atoms with Crippen molar-refractivity contribution in [3.05, 3.63) is 65.2 Å². The molecule has 25 heavy (non-hydrogen) atoms. The summed E-state index contributed by atoms with van der Waals surface area (Å²) in [6.07, 6.45) is 1.57. The number of anilines is 1. The molecule has 0 aliphatic carbocycles. The second-order valence-electron chi connectivity index (χ2n) is 6.35. The first kappa shape index (κ1) is 17.2. The van der Waals surface area contributed by atoms with E-state index in [-0.39, 0.29) is 11.9 Å². The molecule has 1 atom stereocenters. The van der Waals surface area contributed by atoms with Gasteiger partial charge in [0.1, 0.15) is 0 Å². The van der Waals surface area contributed by atoms with Crippen LogP contribution in [-0.2, 0) is 11.3 Å². The van der Waals surface area contributed by atoms with Crippen LogP contribution in [0.2, 0.25) is 0 Å². The zero-order valence-corrected chi connectivity index (χ0v) is 14.2. The summed E-state index contributed by atoms with van der Waals surface area (Å²) in [7, 11) is 0.